The van der Waals surface area contributed by atoms with Gasteiger partial charge in [0.25, 0.3) is 0 Å². The van der Waals surface area contributed by atoms with E-state index in [1.54, 1.807) is 13.8 Å². The first-order valence-corrected chi connectivity index (χ1v) is 12.5. The van der Waals surface area contributed by atoms with Crippen molar-refractivity contribution in [3.8, 4) is 11.5 Å². The van der Waals surface area contributed by atoms with Crippen molar-refractivity contribution in [3.05, 3.63) is 29.0 Å². The summed E-state index contributed by atoms with van der Waals surface area (Å²) >= 11 is 0. The van der Waals surface area contributed by atoms with Crippen molar-refractivity contribution in [1.29, 1.82) is 0 Å². The number of likely N-dealkylation sites (N-methyl/N-ethyl adjacent to an activating group) is 1. The van der Waals surface area contributed by atoms with E-state index in [9.17, 15) is 4.79 Å². The van der Waals surface area contributed by atoms with Crippen LogP contribution in [0.1, 0.15) is 44.9 Å². The largest absolute Gasteiger partial charge is 0.379 e. The van der Waals surface area contributed by atoms with Crippen LogP contribution in [0.2, 0.25) is 0 Å². The molecule has 3 aromatic rings. The molecule has 0 unspecified atom stereocenters. The van der Waals surface area contributed by atoms with Crippen molar-refractivity contribution in [1.82, 2.24) is 25.1 Å². The quantitative estimate of drug-likeness (QED) is 0.553. The predicted molar refractivity (Wildman–Crippen MR) is 129 cm³/mol. The number of nitrogens with one attached hydrogen (secondary N) is 2. The second-order valence-electron chi connectivity index (χ2n) is 9.46. The number of morpholine rings is 1. The smallest absolute Gasteiger partial charge is 0.244 e. The lowest BCUT2D eigenvalue weighted by atomic mass is 9.85. The van der Waals surface area contributed by atoms with Crippen LogP contribution in [0.25, 0.3) is 22.6 Å². The molecule has 8 nitrogen and oxygen atoms in total. The topological polar surface area (TPSA) is 90.1 Å². The molecular formula is C25H32F2N6O2. The van der Waals surface area contributed by atoms with Crippen molar-refractivity contribution >= 4 is 22.6 Å². The van der Waals surface area contributed by atoms with Crippen molar-refractivity contribution in [3.63, 3.8) is 0 Å². The van der Waals surface area contributed by atoms with E-state index in [0.717, 1.165) is 36.9 Å². The van der Waals surface area contributed by atoms with Gasteiger partial charge >= 0.3 is 0 Å². The number of aryl methyl sites for hydroxylation is 1. The number of H-pyrrole nitrogens is 2. The number of rotatable bonds is 6. The molecule has 10 heteroatoms. The number of aromatic nitrogens is 4. The van der Waals surface area contributed by atoms with Crippen LogP contribution in [0.5, 0.6) is 0 Å². The van der Waals surface area contributed by atoms with E-state index in [1.165, 1.54) is 11.0 Å². The highest BCUT2D eigenvalue weighted by Gasteiger charge is 2.31. The Labute approximate surface area is 203 Å². The second-order valence-corrected chi connectivity index (χ2v) is 9.46. The number of fused-ring (bicyclic) bond motifs is 2. The van der Waals surface area contributed by atoms with Crippen molar-refractivity contribution in [2.75, 3.05) is 37.7 Å². The molecule has 0 bridgehead atoms. The van der Waals surface area contributed by atoms with Crippen LogP contribution in [-0.2, 0) is 22.4 Å². The first kappa shape index (κ1) is 23.9. The standard InChI is InChI=1S/C25H32F2N6O2/c1-4-15-6-7-17-16(12-15)22(31-30-17)24-28-18-13-19(20(26)21(27)23(18)29-24)33(5-2)25(34)14(3)32-8-10-35-11-9-32/h13-15H,4-12H2,1-3H3,(H,28,29)(H,30,31)/t14-,15-/m0/s1. The van der Waals surface area contributed by atoms with E-state index in [1.807, 2.05) is 4.90 Å². The summed E-state index contributed by atoms with van der Waals surface area (Å²) in [6, 6.07) is 0.976. The fraction of sp³-hybridized carbons (Fsp3) is 0.560. The van der Waals surface area contributed by atoms with Gasteiger partial charge in [-0.3, -0.25) is 14.8 Å². The van der Waals surface area contributed by atoms with Gasteiger partial charge < -0.3 is 14.6 Å². The summed E-state index contributed by atoms with van der Waals surface area (Å²) in [5.41, 5.74) is 2.96. The molecule has 188 valence electrons. The van der Waals surface area contributed by atoms with Gasteiger partial charge in [-0.2, -0.15) is 5.10 Å². The number of nitrogens with zero attached hydrogens (tertiary/aromatic N) is 4. The zero-order valence-electron chi connectivity index (χ0n) is 20.5. The van der Waals surface area contributed by atoms with Crippen LogP contribution >= 0.6 is 0 Å². The van der Waals surface area contributed by atoms with Crippen LogP contribution in [0.3, 0.4) is 0 Å². The van der Waals surface area contributed by atoms with Crippen molar-refractivity contribution < 1.29 is 18.3 Å². The first-order valence-electron chi connectivity index (χ1n) is 12.5. The molecule has 0 saturated carbocycles. The molecule has 1 aromatic carbocycles. The van der Waals surface area contributed by atoms with Crippen LogP contribution < -0.4 is 4.90 Å². The third-order valence-electron chi connectivity index (χ3n) is 7.52. The number of halogens is 2. The average molecular weight is 487 g/mol. The first-order chi connectivity index (χ1) is 16.9. The van der Waals surface area contributed by atoms with E-state index in [0.29, 0.717) is 43.7 Å². The Balaban J connectivity index is 1.50. The van der Waals surface area contributed by atoms with E-state index in [-0.39, 0.29) is 29.2 Å². The molecule has 1 amide bonds. The summed E-state index contributed by atoms with van der Waals surface area (Å²) in [7, 11) is 0. The van der Waals surface area contributed by atoms with Crippen LogP contribution in [0.4, 0.5) is 14.5 Å². The number of carbonyl (C=O) groups excluding carboxylic acids is 1. The number of hydrogen-bond donors (Lipinski definition) is 2. The molecule has 0 spiro atoms. The second kappa shape index (κ2) is 9.66. The van der Waals surface area contributed by atoms with E-state index < -0.39 is 17.7 Å². The monoisotopic (exact) mass is 486 g/mol. The normalized spacial score (nSPS) is 19.6. The van der Waals surface area contributed by atoms with Crippen LogP contribution in [0, 0.1) is 17.6 Å². The lowest BCUT2D eigenvalue weighted by Crippen LogP contribution is -2.51. The molecule has 2 aliphatic rings. The third kappa shape index (κ3) is 4.23. The molecule has 2 N–H and O–H groups in total. The summed E-state index contributed by atoms with van der Waals surface area (Å²) in [6.45, 7) is 8.26. The molecule has 3 heterocycles. The highest BCUT2D eigenvalue weighted by Crippen LogP contribution is 2.35. The lowest BCUT2D eigenvalue weighted by molar-refractivity contribution is -0.124. The minimum Gasteiger partial charge on any atom is -0.379 e. The van der Waals surface area contributed by atoms with Gasteiger partial charge in [0.15, 0.2) is 17.5 Å². The maximum Gasteiger partial charge on any atom is 0.244 e. The number of benzene rings is 1. The Morgan fingerprint density at radius 2 is 2.06 bits per heavy atom. The molecular weight excluding hydrogens is 454 g/mol. The molecule has 1 fully saturated rings. The number of hydrogen-bond acceptors (Lipinski definition) is 5. The van der Waals surface area contributed by atoms with Gasteiger partial charge in [-0.15, -0.1) is 0 Å². The highest BCUT2D eigenvalue weighted by molar-refractivity contribution is 5.99. The summed E-state index contributed by atoms with van der Waals surface area (Å²) in [4.78, 5) is 24.1. The zero-order valence-corrected chi connectivity index (χ0v) is 20.5. The maximum absolute atomic E-state index is 15.3. The number of aromatic amines is 2. The number of anilines is 1. The van der Waals surface area contributed by atoms with E-state index in [2.05, 4.69) is 27.1 Å². The predicted octanol–water partition coefficient (Wildman–Crippen LogP) is 3.82. The van der Waals surface area contributed by atoms with Crippen molar-refractivity contribution in [2.24, 2.45) is 5.92 Å². The Morgan fingerprint density at radius 3 is 2.77 bits per heavy atom. The van der Waals surface area contributed by atoms with Crippen molar-refractivity contribution in [2.45, 2.75) is 52.5 Å². The Kier molecular flexibility index (Phi) is 6.59. The van der Waals surface area contributed by atoms with Gasteiger partial charge in [-0.25, -0.2) is 13.8 Å². The maximum atomic E-state index is 15.3. The van der Waals surface area contributed by atoms with Crippen LogP contribution in [-0.4, -0.2) is 69.9 Å². The van der Waals surface area contributed by atoms with Gasteiger partial charge in [0.05, 0.1) is 30.5 Å². The van der Waals surface area contributed by atoms with Gasteiger partial charge in [-0.05, 0) is 45.1 Å². The van der Waals surface area contributed by atoms with Gasteiger partial charge in [0.1, 0.15) is 11.2 Å². The number of carbonyl (C=O) groups is 1. The SMILES string of the molecule is CC[C@H]1CCc2[nH]nc(-c3nc4cc(N(CC)C(=O)[C@H](C)N5CCOCC5)c(F)c(F)c4[nH]3)c2C1. The van der Waals surface area contributed by atoms with Gasteiger partial charge in [0, 0.05) is 30.9 Å². The van der Waals surface area contributed by atoms with Gasteiger partial charge in [0.2, 0.25) is 5.91 Å². The minimum absolute atomic E-state index is 0.0226. The fourth-order valence-corrected chi connectivity index (χ4v) is 5.28. The molecule has 1 aliphatic heterocycles. The summed E-state index contributed by atoms with van der Waals surface area (Å²) < 4.78 is 35.9. The molecule has 1 saturated heterocycles. The third-order valence-corrected chi connectivity index (χ3v) is 7.52. The van der Waals surface area contributed by atoms with Gasteiger partial charge in [-0.1, -0.05) is 13.3 Å². The number of amides is 1. The molecule has 35 heavy (non-hydrogen) atoms. The summed E-state index contributed by atoms with van der Waals surface area (Å²) in [5.74, 6) is -1.42. The summed E-state index contributed by atoms with van der Waals surface area (Å²) in [6.07, 6.45) is 3.99. The minimum atomic E-state index is -1.06. The lowest BCUT2D eigenvalue weighted by Gasteiger charge is -2.34. The molecule has 0 radical (unpaired) electrons. The average Bonchev–Trinajstić information content (AvgIpc) is 3.51. The Morgan fingerprint density at radius 1 is 1.29 bits per heavy atom. The number of imidazole rings is 1. The Bertz CT molecular complexity index is 1230. The summed E-state index contributed by atoms with van der Waals surface area (Å²) in [5, 5.41) is 7.54. The highest BCUT2D eigenvalue weighted by atomic mass is 19.2. The molecule has 1 aliphatic carbocycles. The molecule has 5 rings (SSSR count). The fourth-order valence-electron chi connectivity index (χ4n) is 5.28. The van der Waals surface area contributed by atoms with Crippen LogP contribution in [0.15, 0.2) is 6.07 Å². The van der Waals surface area contributed by atoms with E-state index in [4.69, 9.17) is 4.74 Å². The van der Waals surface area contributed by atoms with E-state index >= 15 is 8.78 Å². The molecule has 2 atom stereocenters. The Hall–Kier alpha value is -2.85. The number of ether oxygens (including phenoxy) is 1. The molecule has 2 aromatic heterocycles. The zero-order chi connectivity index (χ0) is 24.7.